The number of aromatic carboxylic acids is 1. The molecule has 1 aromatic carbocycles. The molecule has 2 rings (SSSR count). The molecule has 1 N–H and O–H groups in total. The standard InChI is InChI=1S/C13H10FNO3/c1-18-10-4-8(6-15-7-10)12-5-9(14)2-3-11(12)13(16)17/h2-7H,1H3,(H,16,17). The molecule has 5 heteroatoms. The van der Waals surface area contributed by atoms with Gasteiger partial charge < -0.3 is 9.84 Å². The number of ether oxygens (including phenoxy) is 1. The van der Waals surface area contributed by atoms with E-state index < -0.39 is 11.8 Å². The average molecular weight is 247 g/mol. The first kappa shape index (κ1) is 12.0. The summed E-state index contributed by atoms with van der Waals surface area (Å²) >= 11 is 0. The van der Waals surface area contributed by atoms with Crippen molar-refractivity contribution in [3.63, 3.8) is 0 Å². The van der Waals surface area contributed by atoms with Gasteiger partial charge in [0, 0.05) is 17.3 Å². The molecular formula is C13H10FNO3. The van der Waals surface area contributed by atoms with Crippen LogP contribution < -0.4 is 4.74 Å². The van der Waals surface area contributed by atoms with Gasteiger partial charge in [-0.05, 0) is 24.3 Å². The van der Waals surface area contributed by atoms with Gasteiger partial charge in [0.25, 0.3) is 0 Å². The lowest BCUT2D eigenvalue weighted by atomic mass is 10.0. The predicted molar refractivity (Wildman–Crippen MR) is 63.1 cm³/mol. The monoisotopic (exact) mass is 247 g/mol. The van der Waals surface area contributed by atoms with E-state index in [1.54, 1.807) is 6.07 Å². The molecule has 0 fully saturated rings. The second-order valence-corrected chi connectivity index (χ2v) is 3.61. The molecule has 2 aromatic rings. The molecule has 0 amide bonds. The summed E-state index contributed by atoms with van der Waals surface area (Å²) in [4.78, 5) is 15.0. The molecule has 92 valence electrons. The van der Waals surface area contributed by atoms with Crippen LogP contribution in [0.5, 0.6) is 5.75 Å². The molecule has 0 aliphatic rings. The van der Waals surface area contributed by atoms with Crippen molar-refractivity contribution in [2.75, 3.05) is 7.11 Å². The van der Waals surface area contributed by atoms with Crippen LogP contribution in [0.3, 0.4) is 0 Å². The van der Waals surface area contributed by atoms with Crippen LogP contribution in [-0.4, -0.2) is 23.2 Å². The van der Waals surface area contributed by atoms with Crippen molar-refractivity contribution >= 4 is 5.97 Å². The first-order valence-electron chi connectivity index (χ1n) is 5.14. The number of pyridine rings is 1. The van der Waals surface area contributed by atoms with Crippen LogP contribution in [0, 0.1) is 5.82 Å². The molecule has 0 unspecified atom stereocenters. The van der Waals surface area contributed by atoms with E-state index in [2.05, 4.69) is 4.98 Å². The average Bonchev–Trinajstić information content (AvgIpc) is 2.38. The van der Waals surface area contributed by atoms with Gasteiger partial charge in [0.1, 0.15) is 11.6 Å². The molecule has 0 aliphatic carbocycles. The summed E-state index contributed by atoms with van der Waals surface area (Å²) in [6.45, 7) is 0. The quantitative estimate of drug-likeness (QED) is 0.905. The van der Waals surface area contributed by atoms with E-state index in [1.165, 1.54) is 31.6 Å². The molecule has 0 aliphatic heterocycles. The lowest BCUT2D eigenvalue weighted by Gasteiger charge is -2.07. The number of carboxylic acid groups (broad SMARTS) is 1. The number of hydrogen-bond donors (Lipinski definition) is 1. The number of aromatic nitrogens is 1. The van der Waals surface area contributed by atoms with E-state index in [-0.39, 0.29) is 11.1 Å². The third-order valence-corrected chi connectivity index (χ3v) is 2.47. The second kappa shape index (κ2) is 4.83. The topological polar surface area (TPSA) is 59.4 Å². The summed E-state index contributed by atoms with van der Waals surface area (Å²) in [6.07, 6.45) is 2.95. The Labute approximate surface area is 103 Å². The van der Waals surface area contributed by atoms with Crippen LogP contribution in [0.15, 0.2) is 36.7 Å². The maximum Gasteiger partial charge on any atom is 0.336 e. The largest absolute Gasteiger partial charge is 0.495 e. The summed E-state index contributed by atoms with van der Waals surface area (Å²) in [5, 5.41) is 9.07. The van der Waals surface area contributed by atoms with Crippen LogP contribution >= 0.6 is 0 Å². The fourth-order valence-electron chi connectivity index (χ4n) is 1.62. The fourth-order valence-corrected chi connectivity index (χ4v) is 1.62. The zero-order valence-electron chi connectivity index (χ0n) is 9.55. The molecule has 1 aromatic heterocycles. The highest BCUT2D eigenvalue weighted by atomic mass is 19.1. The van der Waals surface area contributed by atoms with Gasteiger partial charge in [-0.2, -0.15) is 0 Å². The molecule has 0 atom stereocenters. The molecule has 4 nitrogen and oxygen atoms in total. The Morgan fingerprint density at radius 3 is 2.78 bits per heavy atom. The number of methoxy groups -OCH3 is 1. The predicted octanol–water partition coefficient (Wildman–Crippen LogP) is 2.59. The molecule has 0 spiro atoms. The van der Waals surface area contributed by atoms with Crippen LogP contribution in [0.1, 0.15) is 10.4 Å². The lowest BCUT2D eigenvalue weighted by molar-refractivity contribution is 0.0697. The Kier molecular flexibility index (Phi) is 3.23. The minimum Gasteiger partial charge on any atom is -0.495 e. The SMILES string of the molecule is COc1cncc(-c2cc(F)ccc2C(=O)O)c1. The highest BCUT2D eigenvalue weighted by Crippen LogP contribution is 2.26. The van der Waals surface area contributed by atoms with E-state index >= 15 is 0 Å². The van der Waals surface area contributed by atoms with Crippen LogP contribution in [-0.2, 0) is 0 Å². The Balaban J connectivity index is 2.61. The number of carbonyl (C=O) groups is 1. The number of nitrogens with zero attached hydrogens (tertiary/aromatic N) is 1. The van der Waals surface area contributed by atoms with Gasteiger partial charge in [-0.15, -0.1) is 0 Å². The van der Waals surface area contributed by atoms with Crippen molar-refractivity contribution < 1.29 is 19.0 Å². The highest BCUT2D eigenvalue weighted by Gasteiger charge is 2.13. The molecule has 0 bridgehead atoms. The van der Waals surface area contributed by atoms with Crippen molar-refractivity contribution in [1.29, 1.82) is 0 Å². The van der Waals surface area contributed by atoms with E-state index in [4.69, 9.17) is 9.84 Å². The molecule has 0 saturated heterocycles. The summed E-state index contributed by atoms with van der Waals surface area (Å²) in [7, 11) is 1.48. The zero-order chi connectivity index (χ0) is 13.1. The van der Waals surface area contributed by atoms with E-state index in [1.807, 2.05) is 0 Å². The first-order valence-corrected chi connectivity index (χ1v) is 5.14. The highest BCUT2D eigenvalue weighted by molar-refractivity contribution is 5.96. The van der Waals surface area contributed by atoms with Crippen molar-refractivity contribution in [3.05, 3.63) is 48.0 Å². The zero-order valence-corrected chi connectivity index (χ0v) is 9.55. The summed E-state index contributed by atoms with van der Waals surface area (Å²) < 4.78 is 18.2. The van der Waals surface area contributed by atoms with Crippen molar-refractivity contribution in [2.24, 2.45) is 0 Å². The fraction of sp³-hybridized carbons (Fsp3) is 0.0769. The number of benzene rings is 1. The van der Waals surface area contributed by atoms with E-state index in [0.29, 0.717) is 11.3 Å². The number of hydrogen-bond acceptors (Lipinski definition) is 3. The third kappa shape index (κ3) is 2.29. The number of carboxylic acids is 1. The maximum atomic E-state index is 13.2. The summed E-state index contributed by atoms with van der Waals surface area (Å²) in [5.41, 5.74) is 0.784. The van der Waals surface area contributed by atoms with Gasteiger partial charge in [-0.3, -0.25) is 4.98 Å². The Bertz CT molecular complexity index is 599. The van der Waals surface area contributed by atoms with E-state index in [9.17, 15) is 9.18 Å². The third-order valence-electron chi connectivity index (χ3n) is 2.47. The van der Waals surface area contributed by atoms with Crippen LogP contribution in [0.4, 0.5) is 4.39 Å². The maximum absolute atomic E-state index is 13.2. The van der Waals surface area contributed by atoms with Gasteiger partial charge in [-0.1, -0.05) is 0 Å². The smallest absolute Gasteiger partial charge is 0.336 e. The minimum absolute atomic E-state index is 0.0199. The Morgan fingerprint density at radius 2 is 2.11 bits per heavy atom. The minimum atomic E-state index is -1.12. The van der Waals surface area contributed by atoms with Gasteiger partial charge in [0.2, 0.25) is 0 Å². The summed E-state index contributed by atoms with van der Waals surface area (Å²) in [6, 6.07) is 5.11. The molecule has 1 heterocycles. The second-order valence-electron chi connectivity index (χ2n) is 3.61. The Hall–Kier alpha value is -2.43. The van der Waals surface area contributed by atoms with E-state index in [0.717, 1.165) is 6.07 Å². The number of rotatable bonds is 3. The summed E-state index contributed by atoms with van der Waals surface area (Å²) in [5.74, 6) is -1.14. The number of halogens is 1. The molecule has 0 radical (unpaired) electrons. The molecule has 18 heavy (non-hydrogen) atoms. The van der Waals surface area contributed by atoms with Crippen molar-refractivity contribution in [1.82, 2.24) is 4.98 Å². The van der Waals surface area contributed by atoms with Gasteiger partial charge in [0.15, 0.2) is 0 Å². The van der Waals surface area contributed by atoms with Gasteiger partial charge >= 0.3 is 5.97 Å². The van der Waals surface area contributed by atoms with Crippen LogP contribution in [0.25, 0.3) is 11.1 Å². The molecular weight excluding hydrogens is 237 g/mol. The Morgan fingerprint density at radius 1 is 1.33 bits per heavy atom. The normalized spacial score (nSPS) is 10.1. The lowest BCUT2D eigenvalue weighted by Crippen LogP contribution is -2.00. The van der Waals surface area contributed by atoms with Crippen molar-refractivity contribution in [2.45, 2.75) is 0 Å². The van der Waals surface area contributed by atoms with Crippen molar-refractivity contribution in [3.8, 4) is 16.9 Å². The van der Waals surface area contributed by atoms with Gasteiger partial charge in [0.05, 0.1) is 18.9 Å². The van der Waals surface area contributed by atoms with Crippen LogP contribution in [0.2, 0.25) is 0 Å². The molecule has 0 saturated carbocycles. The first-order chi connectivity index (χ1) is 8.61. The van der Waals surface area contributed by atoms with Gasteiger partial charge in [-0.25, -0.2) is 9.18 Å².